The van der Waals surface area contributed by atoms with Gasteiger partial charge < -0.3 is 0 Å². The van der Waals surface area contributed by atoms with E-state index in [9.17, 15) is 0 Å². The Balaban J connectivity index is 2.07. The lowest BCUT2D eigenvalue weighted by atomic mass is 9.63. The van der Waals surface area contributed by atoms with Crippen molar-refractivity contribution in [2.75, 3.05) is 0 Å². The Morgan fingerprint density at radius 1 is 0.875 bits per heavy atom. The van der Waals surface area contributed by atoms with Gasteiger partial charge in [-0.05, 0) is 12.1 Å². The van der Waals surface area contributed by atoms with E-state index in [2.05, 4.69) is 42.5 Å². The van der Waals surface area contributed by atoms with E-state index in [1.165, 1.54) is 32.8 Å². The molecule has 2 aromatic carbocycles. The zero-order chi connectivity index (χ0) is 10.5. The highest BCUT2D eigenvalue weighted by molar-refractivity contribution is 7.25. The highest BCUT2D eigenvalue weighted by Crippen LogP contribution is 2.33. The molecule has 76 valence electrons. The molecule has 3 aromatic rings. The van der Waals surface area contributed by atoms with Gasteiger partial charge >= 0.3 is 0 Å². The van der Waals surface area contributed by atoms with Crippen molar-refractivity contribution in [3.05, 3.63) is 42.5 Å². The minimum absolute atomic E-state index is 0.856. The minimum atomic E-state index is 0.856. The van der Waals surface area contributed by atoms with Gasteiger partial charge in [-0.15, -0.1) is 11.3 Å². The van der Waals surface area contributed by atoms with Crippen molar-refractivity contribution in [1.29, 1.82) is 0 Å². The molecule has 1 aliphatic heterocycles. The van der Waals surface area contributed by atoms with Crippen molar-refractivity contribution in [3.8, 4) is 0 Å². The van der Waals surface area contributed by atoms with Crippen molar-refractivity contribution in [3.63, 3.8) is 0 Å². The molecule has 0 radical (unpaired) electrons. The standard InChI is InChI=1S/C14H11BS/c1-2-4-13-11(3-1)12-6-5-10(15-7-8-15)9-14(12)16-13/h1-6,9H,7-8H2. The second-order valence-electron chi connectivity index (χ2n) is 4.63. The lowest BCUT2D eigenvalue weighted by Gasteiger charge is -1.96. The molecule has 2 heterocycles. The zero-order valence-corrected chi connectivity index (χ0v) is 9.76. The van der Waals surface area contributed by atoms with Crippen molar-refractivity contribution < 1.29 is 0 Å². The Morgan fingerprint density at radius 3 is 2.56 bits per heavy atom. The summed E-state index contributed by atoms with van der Waals surface area (Å²) in [5, 5.41) is 2.83. The van der Waals surface area contributed by atoms with E-state index < -0.39 is 0 Å². The summed E-state index contributed by atoms with van der Waals surface area (Å²) in [6.45, 7) is 0.856. The van der Waals surface area contributed by atoms with Gasteiger partial charge in [0.2, 0.25) is 0 Å². The summed E-state index contributed by atoms with van der Waals surface area (Å²) in [6, 6.07) is 15.7. The average Bonchev–Trinajstić information content (AvgIpc) is 3.10. The Morgan fingerprint density at radius 2 is 1.69 bits per heavy atom. The van der Waals surface area contributed by atoms with Gasteiger partial charge in [0, 0.05) is 20.2 Å². The van der Waals surface area contributed by atoms with Crippen LogP contribution in [-0.4, -0.2) is 6.71 Å². The predicted molar refractivity (Wildman–Crippen MR) is 74.3 cm³/mol. The summed E-state index contributed by atoms with van der Waals surface area (Å²) < 4.78 is 2.86. The highest BCUT2D eigenvalue weighted by atomic mass is 32.1. The van der Waals surface area contributed by atoms with Gasteiger partial charge in [0.05, 0.1) is 0 Å². The number of fused-ring (bicyclic) bond motifs is 3. The molecule has 2 heteroatoms. The molecule has 0 spiro atoms. The normalized spacial score (nSPS) is 14.9. The third-order valence-corrected chi connectivity index (χ3v) is 4.59. The van der Waals surface area contributed by atoms with Crippen molar-refractivity contribution in [2.24, 2.45) is 0 Å². The molecule has 0 saturated carbocycles. The largest absolute Gasteiger partial charge is 0.174 e. The van der Waals surface area contributed by atoms with Crippen molar-refractivity contribution in [1.82, 2.24) is 0 Å². The maximum Gasteiger partial charge on any atom is 0.174 e. The molecule has 0 bridgehead atoms. The van der Waals surface area contributed by atoms with E-state index in [4.69, 9.17) is 0 Å². The summed E-state index contributed by atoms with van der Waals surface area (Å²) in [4.78, 5) is 0. The Kier molecular flexibility index (Phi) is 1.72. The predicted octanol–water partition coefficient (Wildman–Crippen LogP) is 3.77. The highest BCUT2D eigenvalue weighted by Gasteiger charge is 2.28. The first-order valence-electron chi connectivity index (χ1n) is 5.83. The van der Waals surface area contributed by atoms with Gasteiger partial charge in [-0.1, -0.05) is 48.4 Å². The average molecular weight is 222 g/mol. The number of hydrogen-bond acceptors (Lipinski definition) is 1. The summed E-state index contributed by atoms with van der Waals surface area (Å²) in [7, 11) is 0. The Hall–Kier alpha value is -1.28. The fourth-order valence-corrected chi connectivity index (χ4v) is 3.57. The van der Waals surface area contributed by atoms with Crippen molar-refractivity contribution in [2.45, 2.75) is 12.6 Å². The Labute approximate surface area is 99.0 Å². The van der Waals surface area contributed by atoms with Crippen LogP contribution in [0.1, 0.15) is 0 Å². The smallest absolute Gasteiger partial charge is 0.135 e. The van der Waals surface area contributed by atoms with Crippen LogP contribution in [0.15, 0.2) is 42.5 Å². The third kappa shape index (κ3) is 1.23. The van der Waals surface area contributed by atoms with E-state index in [-0.39, 0.29) is 0 Å². The van der Waals surface area contributed by atoms with E-state index >= 15 is 0 Å². The lowest BCUT2D eigenvalue weighted by Crippen LogP contribution is -2.13. The summed E-state index contributed by atoms with van der Waals surface area (Å²) in [5.41, 5.74) is 1.54. The number of rotatable bonds is 1. The molecule has 4 rings (SSSR count). The summed E-state index contributed by atoms with van der Waals surface area (Å²) in [5.74, 6) is 0. The quantitative estimate of drug-likeness (QED) is 0.550. The molecule has 0 nitrogen and oxygen atoms in total. The van der Waals surface area contributed by atoms with E-state index in [0.29, 0.717) is 0 Å². The van der Waals surface area contributed by atoms with Crippen LogP contribution in [0.2, 0.25) is 12.6 Å². The van der Waals surface area contributed by atoms with Gasteiger partial charge in [0.15, 0.2) is 6.71 Å². The lowest BCUT2D eigenvalue weighted by molar-refractivity contribution is 1.69. The molecular weight excluding hydrogens is 211 g/mol. The number of thiophene rings is 1. The van der Waals surface area contributed by atoms with Crippen molar-refractivity contribution >= 4 is 43.7 Å². The molecular formula is C14H11BS. The van der Waals surface area contributed by atoms with Crippen LogP contribution in [0.4, 0.5) is 0 Å². The first-order valence-corrected chi connectivity index (χ1v) is 6.65. The molecule has 1 aromatic heterocycles. The fraction of sp³-hybridized carbons (Fsp3) is 0.143. The van der Waals surface area contributed by atoms with Crippen LogP contribution >= 0.6 is 11.3 Å². The number of hydrogen-bond donors (Lipinski definition) is 0. The van der Waals surface area contributed by atoms with Gasteiger partial charge in [-0.2, -0.15) is 0 Å². The summed E-state index contributed by atoms with van der Waals surface area (Å²) in [6.07, 6.45) is 2.77. The molecule has 0 atom stereocenters. The molecule has 0 N–H and O–H groups in total. The second kappa shape index (κ2) is 3.11. The van der Waals surface area contributed by atoms with Gasteiger partial charge in [-0.3, -0.25) is 0 Å². The molecule has 16 heavy (non-hydrogen) atoms. The first-order chi connectivity index (χ1) is 7.92. The minimum Gasteiger partial charge on any atom is -0.135 e. The van der Waals surface area contributed by atoms with Gasteiger partial charge in [-0.25, -0.2) is 0 Å². The monoisotopic (exact) mass is 222 g/mol. The number of benzene rings is 2. The van der Waals surface area contributed by atoms with Crippen LogP contribution in [0.25, 0.3) is 20.2 Å². The van der Waals surface area contributed by atoms with E-state index in [1.807, 2.05) is 11.3 Å². The Bertz CT molecular complexity index is 679. The third-order valence-electron chi connectivity index (χ3n) is 3.45. The molecule has 1 saturated heterocycles. The first kappa shape index (κ1) is 8.83. The zero-order valence-electron chi connectivity index (χ0n) is 8.94. The molecule has 1 fully saturated rings. The van der Waals surface area contributed by atoms with Crippen LogP contribution in [0, 0.1) is 0 Å². The summed E-state index contributed by atoms with van der Waals surface area (Å²) >= 11 is 1.92. The maximum absolute atomic E-state index is 2.40. The molecule has 0 aliphatic carbocycles. The van der Waals surface area contributed by atoms with Gasteiger partial charge in [0.1, 0.15) is 0 Å². The SMILES string of the molecule is c1ccc2c(c1)sc1cc(B3CC3)ccc12. The molecule has 1 aliphatic rings. The fourth-order valence-electron chi connectivity index (χ4n) is 2.41. The van der Waals surface area contributed by atoms with E-state index in [0.717, 1.165) is 6.71 Å². The van der Waals surface area contributed by atoms with Crippen LogP contribution in [0.3, 0.4) is 0 Å². The molecule has 0 unspecified atom stereocenters. The van der Waals surface area contributed by atoms with Crippen LogP contribution in [-0.2, 0) is 0 Å². The molecule has 0 amide bonds. The topological polar surface area (TPSA) is 0 Å². The van der Waals surface area contributed by atoms with Crippen LogP contribution in [0.5, 0.6) is 0 Å². The second-order valence-corrected chi connectivity index (χ2v) is 5.71. The van der Waals surface area contributed by atoms with E-state index in [1.54, 1.807) is 5.46 Å². The van der Waals surface area contributed by atoms with Crippen LogP contribution < -0.4 is 5.46 Å². The maximum atomic E-state index is 2.40. The van der Waals surface area contributed by atoms with Gasteiger partial charge in [0.25, 0.3) is 0 Å².